The summed E-state index contributed by atoms with van der Waals surface area (Å²) in [6.45, 7) is 1.78. The lowest BCUT2D eigenvalue weighted by molar-refractivity contribution is -0.112. The van der Waals surface area contributed by atoms with Crippen LogP contribution in [0.3, 0.4) is 0 Å². The van der Waals surface area contributed by atoms with Crippen molar-refractivity contribution in [3.05, 3.63) is 63.7 Å². The van der Waals surface area contributed by atoms with E-state index in [9.17, 15) is 14.9 Å². The standard InChI is InChI=1S/C19H15ClN2O4/c1-11-7-16(17(26-2)9-15(11)20)22-18(23)14(10-21)8-12-3-5-13(6-4-12)19(24)25/h3-9H,1-2H3,(H,22,23)(H,24,25). The molecule has 1 amide bonds. The summed E-state index contributed by atoms with van der Waals surface area (Å²) < 4.78 is 5.19. The number of carbonyl (C=O) groups is 2. The van der Waals surface area contributed by atoms with Gasteiger partial charge < -0.3 is 15.2 Å². The SMILES string of the molecule is COc1cc(Cl)c(C)cc1NC(=O)C(C#N)=Cc1ccc(C(=O)O)cc1. The average molecular weight is 371 g/mol. The van der Waals surface area contributed by atoms with Gasteiger partial charge in [0, 0.05) is 11.1 Å². The molecule has 0 fully saturated rings. The summed E-state index contributed by atoms with van der Waals surface area (Å²) in [4.78, 5) is 23.3. The van der Waals surface area contributed by atoms with E-state index < -0.39 is 11.9 Å². The number of hydrogen-bond donors (Lipinski definition) is 2. The molecule has 0 atom stereocenters. The third kappa shape index (κ3) is 4.41. The van der Waals surface area contributed by atoms with Crippen molar-refractivity contribution in [2.45, 2.75) is 6.92 Å². The lowest BCUT2D eigenvalue weighted by Crippen LogP contribution is -2.14. The smallest absolute Gasteiger partial charge is 0.335 e. The summed E-state index contributed by atoms with van der Waals surface area (Å²) in [6, 6.07) is 10.9. The van der Waals surface area contributed by atoms with E-state index in [1.807, 2.05) is 6.07 Å². The fourth-order valence-corrected chi connectivity index (χ4v) is 2.31. The van der Waals surface area contributed by atoms with Gasteiger partial charge in [0.15, 0.2) is 0 Å². The molecular formula is C19H15ClN2O4. The summed E-state index contributed by atoms with van der Waals surface area (Å²) >= 11 is 6.04. The number of carboxylic acid groups (broad SMARTS) is 1. The Kier molecular flexibility index (Phi) is 5.99. The molecule has 2 N–H and O–H groups in total. The Balaban J connectivity index is 2.28. The maximum absolute atomic E-state index is 12.4. The first-order valence-corrected chi connectivity index (χ1v) is 7.84. The van der Waals surface area contributed by atoms with Gasteiger partial charge in [-0.05, 0) is 42.3 Å². The largest absolute Gasteiger partial charge is 0.495 e. The monoisotopic (exact) mass is 370 g/mol. The summed E-state index contributed by atoms with van der Waals surface area (Å²) in [5, 5.41) is 21.3. The molecule has 0 spiro atoms. The number of nitriles is 1. The summed E-state index contributed by atoms with van der Waals surface area (Å²) in [7, 11) is 1.45. The minimum atomic E-state index is -1.05. The zero-order chi connectivity index (χ0) is 19.3. The number of aryl methyl sites for hydroxylation is 1. The quantitative estimate of drug-likeness (QED) is 0.614. The van der Waals surface area contributed by atoms with Crippen LogP contribution in [0.5, 0.6) is 5.75 Å². The molecule has 0 aromatic heterocycles. The fourth-order valence-electron chi connectivity index (χ4n) is 2.16. The molecule has 0 saturated carbocycles. The number of halogens is 1. The van der Waals surface area contributed by atoms with Crippen LogP contribution in [-0.2, 0) is 4.79 Å². The zero-order valence-corrected chi connectivity index (χ0v) is 14.8. The van der Waals surface area contributed by atoms with Crippen LogP contribution in [0.15, 0.2) is 42.0 Å². The van der Waals surface area contributed by atoms with Crippen molar-refractivity contribution in [3.63, 3.8) is 0 Å². The van der Waals surface area contributed by atoms with Crippen molar-refractivity contribution in [1.82, 2.24) is 0 Å². The summed E-state index contributed by atoms with van der Waals surface area (Å²) in [6.07, 6.45) is 1.37. The molecule has 0 aliphatic heterocycles. The van der Waals surface area contributed by atoms with Crippen molar-refractivity contribution in [2.75, 3.05) is 12.4 Å². The fraction of sp³-hybridized carbons (Fsp3) is 0.105. The first-order chi connectivity index (χ1) is 12.3. The number of ether oxygens (including phenoxy) is 1. The molecule has 0 aliphatic rings. The molecule has 7 heteroatoms. The Hall–Kier alpha value is -3.30. The van der Waals surface area contributed by atoms with Crippen molar-refractivity contribution < 1.29 is 19.4 Å². The Morgan fingerprint density at radius 2 is 1.92 bits per heavy atom. The Morgan fingerprint density at radius 3 is 2.46 bits per heavy atom. The van der Waals surface area contributed by atoms with Gasteiger partial charge in [0.25, 0.3) is 5.91 Å². The first kappa shape index (κ1) is 19.0. The van der Waals surface area contributed by atoms with Crippen molar-refractivity contribution in [3.8, 4) is 11.8 Å². The van der Waals surface area contributed by atoms with E-state index in [0.29, 0.717) is 22.0 Å². The van der Waals surface area contributed by atoms with Gasteiger partial charge in [-0.25, -0.2) is 4.79 Å². The van der Waals surface area contributed by atoms with Gasteiger partial charge in [-0.3, -0.25) is 4.79 Å². The number of nitrogens with zero attached hydrogens (tertiary/aromatic N) is 1. The number of amides is 1. The number of anilines is 1. The topological polar surface area (TPSA) is 99.4 Å². The number of benzene rings is 2. The van der Waals surface area contributed by atoms with Gasteiger partial charge in [0.05, 0.1) is 18.4 Å². The van der Waals surface area contributed by atoms with E-state index in [2.05, 4.69) is 5.32 Å². The molecule has 0 heterocycles. The van der Waals surface area contributed by atoms with Gasteiger partial charge in [-0.15, -0.1) is 0 Å². The highest BCUT2D eigenvalue weighted by Gasteiger charge is 2.14. The van der Waals surface area contributed by atoms with Crippen LogP contribution >= 0.6 is 11.6 Å². The van der Waals surface area contributed by atoms with E-state index in [-0.39, 0.29) is 11.1 Å². The Morgan fingerprint density at radius 1 is 1.27 bits per heavy atom. The average Bonchev–Trinajstić information content (AvgIpc) is 2.62. The van der Waals surface area contributed by atoms with Gasteiger partial charge in [-0.2, -0.15) is 5.26 Å². The van der Waals surface area contributed by atoms with Crippen LogP contribution in [-0.4, -0.2) is 24.1 Å². The number of nitrogens with one attached hydrogen (secondary N) is 1. The molecule has 0 aliphatic carbocycles. The van der Waals surface area contributed by atoms with Crippen LogP contribution in [0.25, 0.3) is 6.08 Å². The predicted molar refractivity (Wildman–Crippen MR) is 98.4 cm³/mol. The van der Waals surface area contributed by atoms with Gasteiger partial charge in [-0.1, -0.05) is 23.7 Å². The van der Waals surface area contributed by atoms with Crippen LogP contribution in [0, 0.1) is 18.3 Å². The van der Waals surface area contributed by atoms with Gasteiger partial charge in [0.2, 0.25) is 0 Å². The summed E-state index contributed by atoms with van der Waals surface area (Å²) in [5.41, 5.74) is 1.64. The highest BCUT2D eigenvalue weighted by atomic mass is 35.5. The molecule has 2 aromatic rings. The number of hydrogen-bond acceptors (Lipinski definition) is 4. The maximum atomic E-state index is 12.4. The second-order valence-corrected chi connectivity index (χ2v) is 5.76. The molecule has 26 heavy (non-hydrogen) atoms. The molecule has 0 bridgehead atoms. The van der Waals surface area contributed by atoms with E-state index in [0.717, 1.165) is 5.56 Å². The van der Waals surface area contributed by atoms with Crippen molar-refractivity contribution >= 4 is 35.2 Å². The van der Waals surface area contributed by atoms with E-state index in [1.165, 1.54) is 37.5 Å². The number of carbonyl (C=O) groups excluding carboxylic acids is 1. The van der Waals surface area contributed by atoms with Crippen LogP contribution in [0.2, 0.25) is 5.02 Å². The molecule has 2 aromatic carbocycles. The number of methoxy groups -OCH3 is 1. The van der Waals surface area contributed by atoms with E-state index in [4.69, 9.17) is 21.4 Å². The van der Waals surface area contributed by atoms with Crippen LogP contribution in [0.1, 0.15) is 21.5 Å². The molecule has 0 unspecified atom stereocenters. The minimum absolute atomic E-state index is 0.117. The van der Waals surface area contributed by atoms with Crippen molar-refractivity contribution in [2.24, 2.45) is 0 Å². The van der Waals surface area contributed by atoms with E-state index in [1.54, 1.807) is 19.1 Å². The first-order valence-electron chi connectivity index (χ1n) is 7.46. The van der Waals surface area contributed by atoms with Crippen molar-refractivity contribution in [1.29, 1.82) is 5.26 Å². The normalized spacial score (nSPS) is 10.8. The van der Waals surface area contributed by atoms with Gasteiger partial charge >= 0.3 is 5.97 Å². The second kappa shape index (κ2) is 8.19. The zero-order valence-electron chi connectivity index (χ0n) is 14.0. The molecule has 0 saturated heterocycles. The number of rotatable bonds is 5. The molecule has 132 valence electrons. The van der Waals surface area contributed by atoms with Crippen LogP contribution < -0.4 is 10.1 Å². The number of carboxylic acids is 1. The van der Waals surface area contributed by atoms with Gasteiger partial charge in [0.1, 0.15) is 17.4 Å². The highest BCUT2D eigenvalue weighted by Crippen LogP contribution is 2.31. The Labute approximate surface area is 155 Å². The molecular weight excluding hydrogens is 356 g/mol. The molecule has 0 radical (unpaired) electrons. The van der Waals surface area contributed by atoms with E-state index >= 15 is 0 Å². The Bertz CT molecular complexity index is 928. The predicted octanol–water partition coefficient (Wildman–Crippen LogP) is 3.90. The number of aromatic carboxylic acids is 1. The second-order valence-electron chi connectivity index (χ2n) is 5.35. The molecule has 2 rings (SSSR count). The third-order valence-electron chi connectivity index (χ3n) is 3.56. The summed E-state index contributed by atoms with van der Waals surface area (Å²) in [5.74, 6) is -1.30. The minimum Gasteiger partial charge on any atom is -0.495 e. The third-order valence-corrected chi connectivity index (χ3v) is 3.97. The highest BCUT2D eigenvalue weighted by molar-refractivity contribution is 6.31. The maximum Gasteiger partial charge on any atom is 0.335 e. The lowest BCUT2D eigenvalue weighted by Gasteiger charge is -2.12. The van der Waals surface area contributed by atoms with Crippen LogP contribution in [0.4, 0.5) is 5.69 Å². The lowest BCUT2D eigenvalue weighted by atomic mass is 10.1. The molecule has 6 nitrogen and oxygen atoms in total.